The second-order valence-electron chi connectivity index (χ2n) is 16.4. The summed E-state index contributed by atoms with van der Waals surface area (Å²) >= 11 is 0.984. The van der Waals surface area contributed by atoms with Crippen molar-refractivity contribution < 1.29 is 47.4 Å². The Hall–Kier alpha value is -5.88. The molecule has 0 aliphatic carbocycles. The number of rotatable bonds is 21. The monoisotopic (exact) mass is 879 g/mol. The molecule has 15 nitrogen and oxygen atoms in total. The van der Waals surface area contributed by atoms with Crippen LogP contribution in [0.2, 0.25) is 0 Å². The van der Waals surface area contributed by atoms with E-state index in [4.69, 9.17) is 5.73 Å². The largest absolute Gasteiger partial charge is 0.480 e. The highest BCUT2D eigenvalue weighted by atomic mass is 32.2. The molecule has 3 aromatic rings. The zero-order chi connectivity index (χ0) is 45.9. The third kappa shape index (κ3) is 13.1. The van der Waals surface area contributed by atoms with Crippen molar-refractivity contribution in [3.63, 3.8) is 0 Å². The van der Waals surface area contributed by atoms with Crippen molar-refractivity contribution in [3.8, 4) is 11.1 Å². The molecule has 62 heavy (non-hydrogen) atoms. The van der Waals surface area contributed by atoms with E-state index in [1.807, 2.05) is 55.7 Å². The number of nitrogens with two attached hydrogens (primary N) is 1. The van der Waals surface area contributed by atoms with Crippen LogP contribution in [0.4, 0.5) is 8.78 Å². The van der Waals surface area contributed by atoms with Gasteiger partial charge in [-0.15, -0.1) is 11.8 Å². The predicted molar refractivity (Wildman–Crippen MR) is 230 cm³/mol. The first kappa shape index (κ1) is 48.8. The lowest BCUT2D eigenvalue weighted by Gasteiger charge is -2.41. The van der Waals surface area contributed by atoms with Gasteiger partial charge in [0.25, 0.3) is 11.8 Å². The molecule has 0 saturated carbocycles. The summed E-state index contributed by atoms with van der Waals surface area (Å²) in [6.07, 6.45) is 4.22. The molecule has 4 atom stereocenters. The van der Waals surface area contributed by atoms with Gasteiger partial charge in [-0.2, -0.15) is 0 Å². The standard InChI is InChI=1S/C44H55F2N7O8S/c1-26(2)39(50-35(54)23-53-36(55)15-16-37(53)56)42(59)48-27(3)41(58)49-33(43(60)61)24-62-25-38(57)52(18-10-17-47)40(44(4,5)6)34-19-29(31-20-30(45)13-14-32(31)46)22-51(34)21-28-11-8-7-9-12-28/h7-9,11-16,19-20,22,26-27,33,39-40H,10,17-18,21,23-25,47H2,1-6H3,(H,48,59)(H,49,58)(H,50,54)(H,60,61)/t27-,33-,39-,40-/m0/s1. The fourth-order valence-electron chi connectivity index (χ4n) is 6.94. The van der Waals surface area contributed by atoms with Crippen LogP contribution in [-0.2, 0) is 40.1 Å². The number of carboxylic acids is 1. The van der Waals surface area contributed by atoms with Crippen molar-refractivity contribution in [1.82, 2.24) is 30.3 Å². The van der Waals surface area contributed by atoms with E-state index in [1.165, 1.54) is 6.92 Å². The van der Waals surface area contributed by atoms with Crippen molar-refractivity contribution in [1.29, 1.82) is 0 Å². The second kappa shape index (κ2) is 21.8. The van der Waals surface area contributed by atoms with Gasteiger partial charge >= 0.3 is 5.97 Å². The molecule has 4 rings (SSSR count). The summed E-state index contributed by atoms with van der Waals surface area (Å²) in [5.41, 5.74) is 7.40. The van der Waals surface area contributed by atoms with Crippen molar-refractivity contribution >= 4 is 53.2 Å². The van der Waals surface area contributed by atoms with Crippen LogP contribution in [0.1, 0.15) is 65.3 Å². The van der Waals surface area contributed by atoms with Gasteiger partial charge in [-0.25, -0.2) is 13.6 Å². The molecular formula is C44H55F2N7O8S. The van der Waals surface area contributed by atoms with Gasteiger partial charge in [0.1, 0.15) is 36.3 Å². The molecule has 0 unspecified atom stereocenters. The minimum Gasteiger partial charge on any atom is -0.480 e. The van der Waals surface area contributed by atoms with E-state index in [1.54, 1.807) is 31.0 Å². The summed E-state index contributed by atoms with van der Waals surface area (Å²) in [7, 11) is 0. The van der Waals surface area contributed by atoms with Gasteiger partial charge in [0.2, 0.25) is 23.6 Å². The number of carbonyl (C=O) groups is 7. The SMILES string of the molecule is CC(C)[C@H](NC(=O)CN1C(=O)C=CC1=O)C(=O)N[C@@H](C)C(=O)N[C@@H](CSCC(=O)N(CCCN)[C@@H](c1cc(-c2cc(F)ccc2F)cn1Cc1ccccc1)C(C)(C)C)C(=O)O. The fraction of sp³-hybridized carbons (Fsp3) is 0.432. The van der Waals surface area contributed by atoms with Gasteiger partial charge in [0, 0.05) is 54.0 Å². The Morgan fingerprint density at radius 3 is 2.16 bits per heavy atom. The first-order valence-electron chi connectivity index (χ1n) is 20.1. The van der Waals surface area contributed by atoms with Crippen LogP contribution in [0.25, 0.3) is 11.1 Å². The molecule has 6 N–H and O–H groups in total. The third-order valence-corrected chi connectivity index (χ3v) is 11.1. The maximum absolute atomic E-state index is 15.2. The molecule has 0 fully saturated rings. The van der Waals surface area contributed by atoms with E-state index in [-0.39, 0.29) is 36.1 Å². The van der Waals surface area contributed by atoms with Gasteiger partial charge in [-0.1, -0.05) is 65.0 Å². The normalized spacial score (nSPS) is 14.6. The van der Waals surface area contributed by atoms with E-state index in [0.29, 0.717) is 29.1 Å². The quantitative estimate of drug-likeness (QED) is 0.0981. The highest BCUT2D eigenvalue weighted by molar-refractivity contribution is 8.00. The maximum Gasteiger partial charge on any atom is 0.327 e. The van der Waals surface area contributed by atoms with Crippen LogP contribution >= 0.6 is 11.8 Å². The Morgan fingerprint density at radius 1 is 0.903 bits per heavy atom. The van der Waals surface area contributed by atoms with E-state index in [0.717, 1.165) is 47.7 Å². The number of nitrogens with zero attached hydrogens (tertiary/aromatic N) is 3. The zero-order valence-electron chi connectivity index (χ0n) is 35.7. The van der Waals surface area contributed by atoms with E-state index in [2.05, 4.69) is 16.0 Å². The smallest absolute Gasteiger partial charge is 0.327 e. The molecule has 334 valence electrons. The van der Waals surface area contributed by atoms with Crippen molar-refractivity contribution in [3.05, 3.63) is 95.8 Å². The first-order valence-corrected chi connectivity index (χ1v) is 21.3. The lowest BCUT2D eigenvalue weighted by molar-refractivity contribution is -0.141. The Bertz CT molecular complexity index is 2140. The summed E-state index contributed by atoms with van der Waals surface area (Å²) < 4.78 is 31.5. The number of imide groups is 1. The molecular weight excluding hydrogens is 825 g/mol. The van der Waals surface area contributed by atoms with E-state index >= 15 is 4.39 Å². The highest BCUT2D eigenvalue weighted by Crippen LogP contribution is 2.41. The van der Waals surface area contributed by atoms with Crippen LogP contribution < -0.4 is 21.7 Å². The lowest BCUT2D eigenvalue weighted by Crippen LogP contribution is -2.57. The molecule has 0 radical (unpaired) electrons. The number of thioether (sulfide) groups is 1. The Labute approximate surface area is 363 Å². The molecule has 2 aromatic carbocycles. The molecule has 2 heterocycles. The van der Waals surface area contributed by atoms with Gasteiger partial charge in [0.15, 0.2) is 0 Å². The van der Waals surface area contributed by atoms with E-state index < -0.39 is 89.2 Å². The summed E-state index contributed by atoms with van der Waals surface area (Å²) in [6, 6.07) is 10.0. The molecule has 1 aromatic heterocycles. The number of halogens is 2. The Kier molecular flexibility index (Phi) is 17.1. The number of aliphatic carboxylic acids is 1. The summed E-state index contributed by atoms with van der Waals surface area (Å²) in [6.45, 7) is 10.7. The van der Waals surface area contributed by atoms with Crippen molar-refractivity contribution in [2.75, 3.05) is 31.1 Å². The van der Waals surface area contributed by atoms with Gasteiger partial charge in [-0.3, -0.25) is 33.7 Å². The number of hydrogen-bond donors (Lipinski definition) is 5. The van der Waals surface area contributed by atoms with Gasteiger partial charge in [-0.05, 0) is 61.1 Å². The van der Waals surface area contributed by atoms with Crippen molar-refractivity contribution in [2.24, 2.45) is 17.1 Å². The molecule has 1 aliphatic heterocycles. The summed E-state index contributed by atoms with van der Waals surface area (Å²) in [5, 5.41) is 17.4. The molecule has 0 spiro atoms. The van der Waals surface area contributed by atoms with Crippen molar-refractivity contribution in [2.45, 2.75) is 78.7 Å². The van der Waals surface area contributed by atoms with Gasteiger partial charge < -0.3 is 36.3 Å². The number of benzene rings is 2. The van der Waals surface area contributed by atoms with Crippen LogP contribution in [0.5, 0.6) is 0 Å². The minimum atomic E-state index is -1.47. The Morgan fingerprint density at radius 2 is 1.56 bits per heavy atom. The number of hydrogen-bond acceptors (Lipinski definition) is 9. The average molecular weight is 880 g/mol. The summed E-state index contributed by atoms with van der Waals surface area (Å²) in [5.74, 6) is -7.55. The molecule has 0 saturated heterocycles. The maximum atomic E-state index is 15.2. The number of carboxylic acid groups (broad SMARTS) is 1. The number of aromatic nitrogens is 1. The van der Waals surface area contributed by atoms with Gasteiger partial charge in [0.05, 0.1) is 11.8 Å². The average Bonchev–Trinajstić information content (AvgIpc) is 3.75. The number of carbonyl (C=O) groups excluding carboxylic acids is 6. The third-order valence-electron chi connectivity index (χ3n) is 10.0. The van der Waals surface area contributed by atoms with Crippen LogP contribution in [0.15, 0.2) is 72.9 Å². The number of amides is 6. The predicted octanol–water partition coefficient (Wildman–Crippen LogP) is 3.62. The van der Waals surface area contributed by atoms with Crippen LogP contribution in [0, 0.1) is 23.0 Å². The fourth-order valence-corrected chi connectivity index (χ4v) is 7.86. The van der Waals surface area contributed by atoms with E-state index in [9.17, 15) is 43.1 Å². The molecule has 1 aliphatic rings. The van der Waals surface area contributed by atoms with Crippen LogP contribution in [0.3, 0.4) is 0 Å². The molecule has 18 heteroatoms. The summed E-state index contributed by atoms with van der Waals surface area (Å²) in [4.78, 5) is 91.7. The zero-order valence-corrected chi connectivity index (χ0v) is 36.5. The molecule has 0 bridgehead atoms. The minimum absolute atomic E-state index is 0.0617. The first-order chi connectivity index (χ1) is 29.2. The highest BCUT2D eigenvalue weighted by Gasteiger charge is 2.38. The number of nitrogens with one attached hydrogen (secondary N) is 3. The topological polar surface area (TPSA) is 213 Å². The lowest BCUT2D eigenvalue weighted by atomic mass is 9.83. The molecule has 6 amide bonds. The second-order valence-corrected chi connectivity index (χ2v) is 17.4. The Balaban J connectivity index is 1.48. The van der Waals surface area contributed by atoms with Crippen LogP contribution in [-0.4, -0.2) is 110 Å².